The molecule has 120 valence electrons. The molecule has 0 unspecified atom stereocenters. The van der Waals surface area contributed by atoms with Crippen LogP contribution in [0.2, 0.25) is 0 Å². The summed E-state index contributed by atoms with van der Waals surface area (Å²) >= 11 is 1.45. The molecule has 5 heteroatoms. The van der Waals surface area contributed by atoms with Crippen LogP contribution in [-0.4, -0.2) is 29.7 Å². The zero-order valence-corrected chi connectivity index (χ0v) is 14.1. The number of benzene rings is 1. The molecule has 1 saturated heterocycles. The van der Waals surface area contributed by atoms with Crippen molar-refractivity contribution in [2.75, 3.05) is 29.1 Å². The molecule has 0 radical (unpaired) electrons. The van der Waals surface area contributed by atoms with Gasteiger partial charge in [-0.15, -0.1) is 0 Å². The summed E-state index contributed by atoms with van der Waals surface area (Å²) < 4.78 is 0. The minimum Gasteiger partial charge on any atom is -0.372 e. The van der Waals surface area contributed by atoms with E-state index in [2.05, 4.69) is 27.3 Å². The first-order valence-electron chi connectivity index (χ1n) is 7.92. The fourth-order valence-electron chi connectivity index (χ4n) is 2.72. The Hall–Kier alpha value is -2.01. The van der Waals surface area contributed by atoms with E-state index in [4.69, 9.17) is 0 Å². The fourth-order valence-corrected chi connectivity index (χ4v) is 3.38. The second-order valence-electron chi connectivity index (χ2n) is 5.70. The summed E-state index contributed by atoms with van der Waals surface area (Å²) in [4.78, 5) is 18.7. The Balaban J connectivity index is 1.57. The lowest BCUT2D eigenvalue weighted by Gasteiger charge is -2.19. The summed E-state index contributed by atoms with van der Waals surface area (Å²) in [6, 6.07) is 12.0. The van der Waals surface area contributed by atoms with Crippen molar-refractivity contribution in [3.8, 4) is 0 Å². The van der Waals surface area contributed by atoms with Gasteiger partial charge in [0.05, 0.1) is 10.8 Å². The average molecular weight is 327 g/mol. The summed E-state index contributed by atoms with van der Waals surface area (Å²) in [5.41, 5.74) is 3.24. The third-order valence-corrected chi connectivity index (χ3v) is 4.89. The van der Waals surface area contributed by atoms with Crippen molar-refractivity contribution < 1.29 is 4.79 Å². The van der Waals surface area contributed by atoms with Gasteiger partial charge >= 0.3 is 0 Å². The molecule has 0 spiro atoms. The normalized spacial score (nSPS) is 14.0. The lowest BCUT2D eigenvalue weighted by Crippen LogP contribution is -2.18. The third-order valence-electron chi connectivity index (χ3n) is 3.94. The van der Waals surface area contributed by atoms with Crippen LogP contribution in [0.1, 0.15) is 18.4 Å². The van der Waals surface area contributed by atoms with Crippen LogP contribution in [0.5, 0.6) is 0 Å². The van der Waals surface area contributed by atoms with Gasteiger partial charge < -0.3 is 10.2 Å². The number of carbonyl (C=O) groups excluding carboxylic acids is 1. The number of thioether (sulfide) groups is 1. The zero-order valence-electron chi connectivity index (χ0n) is 13.3. The van der Waals surface area contributed by atoms with Gasteiger partial charge in [0.15, 0.2) is 0 Å². The van der Waals surface area contributed by atoms with Gasteiger partial charge in [0.25, 0.3) is 0 Å². The van der Waals surface area contributed by atoms with E-state index in [1.54, 1.807) is 6.20 Å². The first kappa shape index (κ1) is 15.9. The Morgan fingerprint density at radius 1 is 1.26 bits per heavy atom. The van der Waals surface area contributed by atoms with Crippen LogP contribution in [0.4, 0.5) is 11.4 Å². The van der Waals surface area contributed by atoms with Gasteiger partial charge in [0, 0.05) is 30.7 Å². The summed E-state index contributed by atoms with van der Waals surface area (Å²) in [5, 5.41) is 3.86. The average Bonchev–Trinajstić information content (AvgIpc) is 3.10. The van der Waals surface area contributed by atoms with Crippen LogP contribution in [0.3, 0.4) is 0 Å². The second-order valence-corrected chi connectivity index (χ2v) is 6.69. The minimum atomic E-state index is -0.00215. The Kier molecular flexibility index (Phi) is 5.18. The van der Waals surface area contributed by atoms with Gasteiger partial charge in [-0.25, -0.2) is 4.98 Å². The van der Waals surface area contributed by atoms with Crippen LogP contribution < -0.4 is 10.2 Å². The summed E-state index contributed by atoms with van der Waals surface area (Å²) in [7, 11) is 0. The molecule has 1 amide bonds. The highest BCUT2D eigenvalue weighted by Crippen LogP contribution is 2.25. The van der Waals surface area contributed by atoms with Gasteiger partial charge in [0.1, 0.15) is 0 Å². The Bertz CT molecular complexity index is 669. The largest absolute Gasteiger partial charge is 0.372 e. The number of rotatable bonds is 5. The molecule has 1 aliphatic rings. The molecule has 1 aromatic heterocycles. The lowest BCUT2D eigenvalue weighted by atomic mass is 10.1. The molecule has 1 aliphatic heterocycles. The maximum Gasteiger partial charge on any atom is 0.234 e. The smallest absolute Gasteiger partial charge is 0.234 e. The molecular weight excluding hydrogens is 306 g/mol. The van der Waals surface area contributed by atoms with E-state index in [0.717, 1.165) is 29.4 Å². The Labute approximate surface area is 141 Å². The fraction of sp³-hybridized carbons (Fsp3) is 0.333. The monoisotopic (exact) mass is 327 g/mol. The molecule has 3 rings (SSSR count). The van der Waals surface area contributed by atoms with Crippen molar-refractivity contribution >= 4 is 29.0 Å². The van der Waals surface area contributed by atoms with E-state index in [9.17, 15) is 4.79 Å². The molecule has 1 N–H and O–H groups in total. The number of nitrogens with zero attached hydrogens (tertiary/aromatic N) is 2. The first-order valence-corrected chi connectivity index (χ1v) is 8.90. The van der Waals surface area contributed by atoms with E-state index < -0.39 is 0 Å². The zero-order chi connectivity index (χ0) is 16.1. The predicted molar refractivity (Wildman–Crippen MR) is 96.2 cm³/mol. The molecule has 4 nitrogen and oxygen atoms in total. The summed E-state index contributed by atoms with van der Waals surface area (Å²) in [5.74, 6) is 0.363. The van der Waals surface area contributed by atoms with Crippen molar-refractivity contribution in [1.82, 2.24) is 4.98 Å². The SMILES string of the molecule is Cc1cc(N2CCCC2)ccc1NC(=O)CSc1ccccn1. The number of aryl methyl sites for hydroxylation is 1. The highest BCUT2D eigenvalue weighted by atomic mass is 32.2. The Morgan fingerprint density at radius 3 is 2.78 bits per heavy atom. The van der Waals surface area contributed by atoms with Crippen molar-refractivity contribution in [1.29, 1.82) is 0 Å². The molecule has 0 aliphatic carbocycles. The number of nitrogens with one attached hydrogen (secondary N) is 1. The number of hydrogen-bond acceptors (Lipinski definition) is 4. The number of hydrogen-bond donors (Lipinski definition) is 1. The molecule has 23 heavy (non-hydrogen) atoms. The van der Waals surface area contributed by atoms with Gasteiger partial charge in [0.2, 0.25) is 5.91 Å². The summed E-state index contributed by atoms with van der Waals surface area (Å²) in [6.45, 7) is 4.30. The molecule has 1 fully saturated rings. The van der Waals surface area contributed by atoms with Crippen molar-refractivity contribution in [2.45, 2.75) is 24.8 Å². The van der Waals surface area contributed by atoms with Crippen LogP contribution in [-0.2, 0) is 4.79 Å². The molecule has 0 bridgehead atoms. The number of carbonyl (C=O) groups is 1. The minimum absolute atomic E-state index is 0.00215. The maximum atomic E-state index is 12.1. The van der Waals surface area contributed by atoms with Crippen LogP contribution >= 0.6 is 11.8 Å². The Morgan fingerprint density at radius 2 is 2.09 bits per heavy atom. The van der Waals surface area contributed by atoms with Gasteiger partial charge in [-0.2, -0.15) is 0 Å². The standard InChI is InChI=1S/C18H21N3OS/c1-14-12-15(21-10-4-5-11-21)7-8-16(14)20-17(22)13-23-18-6-2-3-9-19-18/h2-3,6-9,12H,4-5,10-11,13H2,1H3,(H,20,22). The lowest BCUT2D eigenvalue weighted by molar-refractivity contribution is -0.113. The van der Waals surface area contributed by atoms with Gasteiger partial charge in [-0.1, -0.05) is 17.8 Å². The molecular formula is C18H21N3OS. The van der Waals surface area contributed by atoms with Crippen LogP contribution in [0.25, 0.3) is 0 Å². The number of pyridine rings is 1. The van der Waals surface area contributed by atoms with E-state index in [-0.39, 0.29) is 5.91 Å². The number of amides is 1. The molecule has 2 aromatic rings. The van der Waals surface area contributed by atoms with Crippen molar-refractivity contribution in [2.24, 2.45) is 0 Å². The highest BCUT2D eigenvalue weighted by molar-refractivity contribution is 7.99. The second kappa shape index (κ2) is 7.51. The number of aromatic nitrogens is 1. The van der Waals surface area contributed by atoms with Crippen LogP contribution in [0.15, 0.2) is 47.6 Å². The van der Waals surface area contributed by atoms with Gasteiger partial charge in [-0.3, -0.25) is 4.79 Å². The predicted octanol–water partition coefficient (Wildman–Crippen LogP) is 3.72. The topological polar surface area (TPSA) is 45.2 Å². The van der Waals surface area contributed by atoms with Crippen molar-refractivity contribution in [3.05, 3.63) is 48.2 Å². The van der Waals surface area contributed by atoms with Crippen LogP contribution in [0, 0.1) is 6.92 Å². The highest BCUT2D eigenvalue weighted by Gasteiger charge is 2.13. The maximum absolute atomic E-state index is 12.1. The molecule has 1 aromatic carbocycles. The van der Waals surface area contributed by atoms with Gasteiger partial charge in [-0.05, 0) is 55.7 Å². The van der Waals surface area contributed by atoms with E-state index in [0.29, 0.717) is 5.75 Å². The molecule has 0 saturated carbocycles. The van der Waals surface area contributed by atoms with Crippen molar-refractivity contribution in [3.63, 3.8) is 0 Å². The van der Waals surface area contributed by atoms with E-state index >= 15 is 0 Å². The molecule has 0 atom stereocenters. The first-order chi connectivity index (χ1) is 11.2. The quantitative estimate of drug-likeness (QED) is 0.850. The summed E-state index contributed by atoms with van der Waals surface area (Å²) in [6.07, 6.45) is 4.27. The van der Waals surface area contributed by atoms with E-state index in [1.165, 1.54) is 30.3 Å². The number of anilines is 2. The molecule has 2 heterocycles. The van der Waals surface area contributed by atoms with E-state index in [1.807, 2.05) is 31.2 Å². The third kappa shape index (κ3) is 4.26.